The van der Waals surface area contributed by atoms with Gasteiger partial charge in [0.05, 0.1) is 23.4 Å². The van der Waals surface area contributed by atoms with Crippen molar-refractivity contribution in [1.29, 1.82) is 0 Å². The van der Waals surface area contributed by atoms with Gasteiger partial charge in [0.25, 0.3) is 0 Å². The second kappa shape index (κ2) is 7.70. The number of hydrogen-bond donors (Lipinski definition) is 2. The molecule has 2 N–H and O–H groups in total. The standard InChI is InChI=1S/C16H20N2O3S2/c1-3-16(4-2,9-14(20)21)18-13(19)8-11-10-23-15(17-11)12-6-5-7-22-12/h5-7,10H,3-4,8-9H2,1-2H3,(H,18,19)(H,20,21). The van der Waals surface area contributed by atoms with E-state index in [1.165, 1.54) is 11.3 Å². The van der Waals surface area contributed by atoms with Gasteiger partial charge in [-0.25, -0.2) is 4.98 Å². The summed E-state index contributed by atoms with van der Waals surface area (Å²) in [5.41, 5.74) is 0.0301. The summed E-state index contributed by atoms with van der Waals surface area (Å²) in [6.45, 7) is 3.79. The Morgan fingerprint density at radius 2 is 2.04 bits per heavy atom. The van der Waals surface area contributed by atoms with Crippen LogP contribution in [0.25, 0.3) is 9.88 Å². The summed E-state index contributed by atoms with van der Waals surface area (Å²) in [4.78, 5) is 28.9. The Bertz CT molecular complexity index is 661. The predicted octanol–water partition coefficient (Wildman–Crippen LogP) is 3.56. The van der Waals surface area contributed by atoms with Gasteiger partial charge in [-0.1, -0.05) is 19.9 Å². The molecule has 0 bridgehead atoms. The van der Waals surface area contributed by atoms with Crippen molar-refractivity contribution in [1.82, 2.24) is 10.3 Å². The SMILES string of the molecule is CCC(CC)(CC(=O)O)NC(=O)Cc1csc(-c2cccs2)n1. The van der Waals surface area contributed by atoms with E-state index in [0.29, 0.717) is 18.5 Å². The van der Waals surface area contributed by atoms with E-state index in [4.69, 9.17) is 5.11 Å². The van der Waals surface area contributed by atoms with Crippen LogP contribution in [0.15, 0.2) is 22.9 Å². The van der Waals surface area contributed by atoms with Crippen LogP contribution in [0.3, 0.4) is 0 Å². The number of nitrogens with one attached hydrogen (secondary N) is 1. The van der Waals surface area contributed by atoms with E-state index in [1.807, 2.05) is 36.7 Å². The van der Waals surface area contributed by atoms with Crippen LogP contribution in [0.5, 0.6) is 0 Å². The molecule has 0 unspecified atom stereocenters. The second-order valence-corrected chi connectivity index (χ2v) is 7.21. The number of aliphatic carboxylic acids is 1. The van der Waals surface area contributed by atoms with Crippen molar-refractivity contribution in [3.63, 3.8) is 0 Å². The Morgan fingerprint density at radius 3 is 2.61 bits per heavy atom. The van der Waals surface area contributed by atoms with E-state index in [1.54, 1.807) is 11.3 Å². The molecule has 0 aromatic carbocycles. The van der Waals surface area contributed by atoms with Crippen molar-refractivity contribution in [3.05, 3.63) is 28.6 Å². The summed E-state index contributed by atoms with van der Waals surface area (Å²) in [6, 6.07) is 3.97. The Kier molecular flexibility index (Phi) is 5.90. The summed E-state index contributed by atoms with van der Waals surface area (Å²) in [6.07, 6.45) is 1.27. The van der Waals surface area contributed by atoms with Crippen molar-refractivity contribution in [2.45, 2.75) is 45.1 Å². The smallest absolute Gasteiger partial charge is 0.305 e. The fraction of sp³-hybridized carbons (Fsp3) is 0.438. The van der Waals surface area contributed by atoms with Crippen molar-refractivity contribution in [3.8, 4) is 9.88 Å². The molecular weight excluding hydrogens is 332 g/mol. The monoisotopic (exact) mass is 352 g/mol. The molecule has 0 radical (unpaired) electrons. The lowest BCUT2D eigenvalue weighted by molar-refractivity contribution is -0.139. The first-order chi connectivity index (χ1) is 11.0. The number of thiophene rings is 1. The van der Waals surface area contributed by atoms with Crippen LogP contribution in [-0.2, 0) is 16.0 Å². The number of nitrogens with zero attached hydrogens (tertiary/aromatic N) is 1. The summed E-state index contributed by atoms with van der Waals surface area (Å²) in [5, 5.41) is 16.7. The summed E-state index contributed by atoms with van der Waals surface area (Å²) >= 11 is 3.13. The van der Waals surface area contributed by atoms with Crippen LogP contribution in [0, 0.1) is 0 Å². The molecule has 0 saturated carbocycles. The summed E-state index contributed by atoms with van der Waals surface area (Å²) in [5.74, 6) is -1.08. The first-order valence-corrected chi connectivity index (χ1v) is 9.25. The van der Waals surface area contributed by atoms with Crippen LogP contribution in [0.1, 0.15) is 38.8 Å². The Morgan fingerprint density at radius 1 is 1.30 bits per heavy atom. The Hall–Kier alpha value is -1.73. The number of amides is 1. The normalized spacial score (nSPS) is 11.4. The van der Waals surface area contributed by atoms with E-state index in [-0.39, 0.29) is 18.7 Å². The molecular formula is C16H20N2O3S2. The number of carboxylic acid groups (broad SMARTS) is 1. The zero-order chi connectivity index (χ0) is 16.9. The maximum atomic E-state index is 12.3. The number of carbonyl (C=O) groups is 2. The van der Waals surface area contributed by atoms with Gasteiger partial charge in [0, 0.05) is 10.9 Å². The van der Waals surface area contributed by atoms with E-state index in [0.717, 1.165) is 9.88 Å². The van der Waals surface area contributed by atoms with Crippen LogP contribution >= 0.6 is 22.7 Å². The molecule has 0 saturated heterocycles. The van der Waals surface area contributed by atoms with Gasteiger partial charge in [0.15, 0.2) is 0 Å². The van der Waals surface area contributed by atoms with Gasteiger partial charge in [-0.2, -0.15) is 0 Å². The second-order valence-electron chi connectivity index (χ2n) is 5.40. The first kappa shape index (κ1) is 17.6. The topological polar surface area (TPSA) is 79.3 Å². The van der Waals surface area contributed by atoms with Crippen LogP contribution in [0.2, 0.25) is 0 Å². The third kappa shape index (κ3) is 4.62. The number of aromatic nitrogens is 1. The van der Waals surface area contributed by atoms with Gasteiger partial charge in [0.1, 0.15) is 5.01 Å². The van der Waals surface area contributed by atoms with Gasteiger partial charge in [-0.05, 0) is 24.3 Å². The van der Waals surface area contributed by atoms with Gasteiger partial charge >= 0.3 is 5.97 Å². The number of carboxylic acids is 1. The zero-order valence-electron chi connectivity index (χ0n) is 13.2. The lowest BCUT2D eigenvalue weighted by Gasteiger charge is -2.31. The molecule has 0 aliphatic heterocycles. The largest absolute Gasteiger partial charge is 0.481 e. The highest BCUT2D eigenvalue weighted by Crippen LogP contribution is 2.28. The lowest BCUT2D eigenvalue weighted by atomic mass is 9.88. The highest BCUT2D eigenvalue weighted by Gasteiger charge is 2.31. The molecule has 0 aliphatic rings. The first-order valence-electron chi connectivity index (χ1n) is 7.49. The molecule has 23 heavy (non-hydrogen) atoms. The quantitative estimate of drug-likeness (QED) is 0.761. The van der Waals surface area contributed by atoms with Gasteiger partial charge in [-0.3, -0.25) is 9.59 Å². The van der Waals surface area contributed by atoms with Gasteiger partial charge in [0.2, 0.25) is 5.91 Å². The Labute approximate surface area is 143 Å². The Balaban J connectivity index is 2.02. The lowest BCUT2D eigenvalue weighted by Crippen LogP contribution is -2.49. The average Bonchev–Trinajstić information content (AvgIpc) is 3.16. The molecule has 0 fully saturated rings. The average molecular weight is 352 g/mol. The molecule has 1 amide bonds. The number of hydrogen-bond acceptors (Lipinski definition) is 5. The highest BCUT2D eigenvalue weighted by molar-refractivity contribution is 7.20. The molecule has 7 heteroatoms. The predicted molar refractivity (Wildman–Crippen MR) is 92.8 cm³/mol. The molecule has 0 aliphatic carbocycles. The van der Waals surface area contributed by atoms with Crippen molar-refractivity contribution >= 4 is 34.6 Å². The van der Waals surface area contributed by atoms with Crippen LogP contribution < -0.4 is 5.32 Å². The fourth-order valence-electron chi connectivity index (χ4n) is 2.42. The third-order valence-corrected chi connectivity index (χ3v) is 5.80. The minimum absolute atomic E-state index is 0.0662. The third-order valence-electron chi connectivity index (χ3n) is 3.87. The van der Waals surface area contributed by atoms with Crippen molar-refractivity contribution in [2.24, 2.45) is 0 Å². The van der Waals surface area contributed by atoms with E-state index in [9.17, 15) is 9.59 Å². The van der Waals surface area contributed by atoms with E-state index >= 15 is 0 Å². The summed E-state index contributed by atoms with van der Waals surface area (Å²) < 4.78 is 0. The fourth-order valence-corrected chi connectivity index (χ4v) is 4.05. The molecule has 2 rings (SSSR count). The maximum absolute atomic E-state index is 12.3. The van der Waals surface area contributed by atoms with Crippen molar-refractivity contribution in [2.75, 3.05) is 0 Å². The van der Waals surface area contributed by atoms with Crippen molar-refractivity contribution < 1.29 is 14.7 Å². The minimum atomic E-state index is -0.900. The van der Waals surface area contributed by atoms with E-state index in [2.05, 4.69) is 10.3 Å². The minimum Gasteiger partial charge on any atom is -0.481 e. The number of thiazole rings is 1. The number of carbonyl (C=O) groups excluding carboxylic acids is 1. The van der Waals surface area contributed by atoms with Crippen LogP contribution in [-0.4, -0.2) is 27.5 Å². The van der Waals surface area contributed by atoms with Crippen LogP contribution in [0.4, 0.5) is 0 Å². The molecule has 2 heterocycles. The number of rotatable bonds is 8. The molecule has 5 nitrogen and oxygen atoms in total. The molecule has 2 aromatic rings. The van der Waals surface area contributed by atoms with Gasteiger partial charge < -0.3 is 10.4 Å². The maximum Gasteiger partial charge on any atom is 0.305 e. The molecule has 2 aromatic heterocycles. The highest BCUT2D eigenvalue weighted by atomic mass is 32.1. The molecule has 0 spiro atoms. The van der Waals surface area contributed by atoms with Gasteiger partial charge in [-0.15, -0.1) is 22.7 Å². The van der Waals surface area contributed by atoms with E-state index < -0.39 is 11.5 Å². The zero-order valence-corrected chi connectivity index (χ0v) is 14.8. The molecule has 124 valence electrons. The molecule has 0 atom stereocenters. The summed E-state index contributed by atoms with van der Waals surface area (Å²) in [7, 11) is 0.